The molecule has 1 rings (SSSR count). The third-order valence-corrected chi connectivity index (χ3v) is 2.80. The fourth-order valence-electron chi connectivity index (χ4n) is 2.02. The van der Waals surface area contributed by atoms with Gasteiger partial charge in [-0.05, 0) is 38.0 Å². The number of halogens is 1. The van der Waals surface area contributed by atoms with Crippen LogP contribution in [-0.2, 0) is 10.3 Å². The standard InChI is InChI=1S/C13H19FN2O/c1-4-13(12(15)17,16-9(2)3)10-6-5-7-11(14)8-10/h5-9,16H,4H2,1-3H3,(H2,15,17). The van der Waals surface area contributed by atoms with Crippen LogP contribution >= 0.6 is 0 Å². The van der Waals surface area contributed by atoms with E-state index in [9.17, 15) is 9.18 Å². The Morgan fingerprint density at radius 1 is 1.53 bits per heavy atom. The number of primary amides is 1. The first-order chi connectivity index (χ1) is 7.92. The van der Waals surface area contributed by atoms with E-state index in [0.29, 0.717) is 12.0 Å². The molecule has 0 bridgehead atoms. The second-order valence-electron chi connectivity index (χ2n) is 4.43. The van der Waals surface area contributed by atoms with Gasteiger partial charge in [-0.25, -0.2) is 4.39 Å². The normalized spacial score (nSPS) is 14.6. The lowest BCUT2D eigenvalue weighted by molar-refractivity contribution is -0.125. The zero-order valence-corrected chi connectivity index (χ0v) is 10.5. The Morgan fingerprint density at radius 3 is 2.59 bits per heavy atom. The molecule has 1 atom stereocenters. The molecule has 1 aromatic rings. The van der Waals surface area contributed by atoms with Crippen molar-refractivity contribution in [2.45, 2.75) is 38.8 Å². The highest BCUT2D eigenvalue weighted by molar-refractivity contribution is 5.86. The summed E-state index contributed by atoms with van der Waals surface area (Å²) in [5.74, 6) is -0.855. The summed E-state index contributed by atoms with van der Waals surface area (Å²) in [4.78, 5) is 11.7. The molecular formula is C13H19FN2O. The van der Waals surface area contributed by atoms with Gasteiger partial charge in [0.05, 0.1) is 0 Å². The van der Waals surface area contributed by atoms with Crippen LogP contribution in [-0.4, -0.2) is 11.9 Å². The lowest BCUT2D eigenvalue weighted by Gasteiger charge is -2.33. The molecule has 0 aliphatic heterocycles. The van der Waals surface area contributed by atoms with Gasteiger partial charge in [-0.1, -0.05) is 19.1 Å². The number of nitrogens with one attached hydrogen (secondary N) is 1. The highest BCUT2D eigenvalue weighted by atomic mass is 19.1. The molecule has 0 aliphatic rings. The van der Waals surface area contributed by atoms with E-state index < -0.39 is 11.4 Å². The van der Waals surface area contributed by atoms with Gasteiger partial charge in [0.25, 0.3) is 0 Å². The molecule has 17 heavy (non-hydrogen) atoms. The molecule has 0 radical (unpaired) electrons. The highest BCUT2D eigenvalue weighted by Gasteiger charge is 2.37. The van der Waals surface area contributed by atoms with Crippen LogP contribution in [0.5, 0.6) is 0 Å². The largest absolute Gasteiger partial charge is 0.368 e. The highest BCUT2D eigenvalue weighted by Crippen LogP contribution is 2.26. The molecule has 0 heterocycles. The number of amides is 1. The third kappa shape index (κ3) is 2.82. The zero-order chi connectivity index (χ0) is 13.1. The summed E-state index contributed by atoms with van der Waals surface area (Å²) in [5.41, 5.74) is 5.06. The van der Waals surface area contributed by atoms with Crippen molar-refractivity contribution >= 4 is 5.91 Å². The molecule has 0 saturated carbocycles. The van der Waals surface area contributed by atoms with E-state index >= 15 is 0 Å². The van der Waals surface area contributed by atoms with Gasteiger partial charge in [0.15, 0.2) is 0 Å². The van der Waals surface area contributed by atoms with E-state index in [1.54, 1.807) is 12.1 Å². The van der Waals surface area contributed by atoms with Crippen LogP contribution < -0.4 is 11.1 Å². The van der Waals surface area contributed by atoms with Gasteiger partial charge in [0, 0.05) is 6.04 Å². The van der Waals surface area contributed by atoms with E-state index in [4.69, 9.17) is 5.73 Å². The van der Waals surface area contributed by atoms with Crippen LogP contribution in [0.15, 0.2) is 24.3 Å². The van der Waals surface area contributed by atoms with Crippen molar-refractivity contribution in [3.8, 4) is 0 Å². The summed E-state index contributed by atoms with van der Waals surface area (Å²) in [5, 5.41) is 3.14. The van der Waals surface area contributed by atoms with E-state index in [1.807, 2.05) is 20.8 Å². The minimum atomic E-state index is -1.00. The molecule has 0 aromatic heterocycles. The average molecular weight is 238 g/mol. The summed E-state index contributed by atoms with van der Waals surface area (Å²) in [6, 6.07) is 6.07. The maximum absolute atomic E-state index is 13.3. The summed E-state index contributed by atoms with van der Waals surface area (Å²) >= 11 is 0. The minimum Gasteiger partial charge on any atom is -0.368 e. The lowest BCUT2D eigenvalue weighted by atomic mass is 9.85. The maximum Gasteiger partial charge on any atom is 0.242 e. The van der Waals surface area contributed by atoms with Crippen molar-refractivity contribution in [1.82, 2.24) is 5.32 Å². The SMILES string of the molecule is CCC(NC(C)C)(C(N)=O)c1cccc(F)c1. The Bertz CT molecular complexity index is 406. The molecule has 0 aliphatic carbocycles. The Hall–Kier alpha value is -1.42. The molecule has 1 unspecified atom stereocenters. The molecule has 4 heteroatoms. The first kappa shape index (κ1) is 13.6. The number of benzene rings is 1. The summed E-state index contributed by atoms with van der Waals surface area (Å²) < 4.78 is 13.3. The molecule has 3 nitrogen and oxygen atoms in total. The Labute approximate surface area is 101 Å². The number of hydrogen-bond acceptors (Lipinski definition) is 2. The molecule has 3 N–H and O–H groups in total. The van der Waals surface area contributed by atoms with Crippen molar-refractivity contribution in [3.05, 3.63) is 35.6 Å². The summed E-state index contributed by atoms with van der Waals surface area (Å²) in [6.07, 6.45) is 0.476. The number of nitrogens with two attached hydrogens (primary N) is 1. The van der Waals surface area contributed by atoms with Gasteiger partial charge in [-0.15, -0.1) is 0 Å². The quantitative estimate of drug-likeness (QED) is 0.823. The summed E-state index contributed by atoms with van der Waals surface area (Å²) in [7, 11) is 0. The third-order valence-electron chi connectivity index (χ3n) is 2.80. The smallest absolute Gasteiger partial charge is 0.242 e. The number of carbonyl (C=O) groups is 1. The van der Waals surface area contributed by atoms with Crippen molar-refractivity contribution < 1.29 is 9.18 Å². The monoisotopic (exact) mass is 238 g/mol. The second kappa shape index (κ2) is 5.27. The number of hydrogen-bond donors (Lipinski definition) is 2. The Kier molecular flexibility index (Phi) is 4.23. The van der Waals surface area contributed by atoms with Crippen LogP contribution in [0.1, 0.15) is 32.8 Å². The van der Waals surface area contributed by atoms with Gasteiger partial charge >= 0.3 is 0 Å². The van der Waals surface area contributed by atoms with Crippen LogP contribution in [0.4, 0.5) is 4.39 Å². The van der Waals surface area contributed by atoms with E-state index in [-0.39, 0.29) is 11.9 Å². The number of carbonyl (C=O) groups excluding carboxylic acids is 1. The van der Waals surface area contributed by atoms with Gasteiger partial charge in [0.2, 0.25) is 5.91 Å². The van der Waals surface area contributed by atoms with E-state index in [1.165, 1.54) is 12.1 Å². The van der Waals surface area contributed by atoms with E-state index in [2.05, 4.69) is 5.32 Å². The van der Waals surface area contributed by atoms with Crippen LogP contribution in [0, 0.1) is 5.82 Å². The van der Waals surface area contributed by atoms with Crippen LogP contribution in [0.25, 0.3) is 0 Å². The molecular weight excluding hydrogens is 219 g/mol. The van der Waals surface area contributed by atoms with Gasteiger partial charge in [0.1, 0.15) is 11.4 Å². The fraction of sp³-hybridized carbons (Fsp3) is 0.462. The zero-order valence-electron chi connectivity index (χ0n) is 10.5. The lowest BCUT2D eigenvalue weighted by Crippen LogP contribution is -2.54. The Morgan fingerprint density at radius 2 is 2.18 bits per heavy atom. The fourth-order valence-corrected chi connectivity index (χ4v) is 2.02. The first-order valence-corrected chi connectivity index (χ1v) is 5.76. The van der Waals surface area contributed by atoms with Crippen molar-refractivity contribution in [1.29, 1.82) is 0 Å². The van der Waals surface area contributed by atoms with Gasteiger partial charge in [-0.2, -0.15) is 0 Å². The second-order valence-corrected chi connectivity index (χ2v) is 4.43. The van der Waals surface area contributed by atoms with Gasteiger partial charge in [-0.3, -0.25) is 10.1 Å². The molecule has 1 amide bonds. The summed E-state index contributed by atoms with van der Waals surface area (Å²) in [6.45, 7) is 5.70. The average Bonchev–Trinajstić information content (AvgIpc) is 2.25. The first-order valence-electron chi connectivity index (χ1n) is 5.76. The van der Waals surface area contributed by atoms with Crippen molar-refractivity contribution in [3.63, 3.8) is 0 Å². The molecule has 0 fully saturated rings. The van der Waals surface area contributed by atoms with E-state index in [0.717, 1.165) is 0 Å². The minimum absolute atomic E-state index is 0.0747. The molecule has 1 aromatic carbocycles. The van der Waals surface area contributed by atoms with Gasteiger partial charge < -0.3 is 5.73 Å². The topological polar surface area (TPSA) is 55.1 Å². The maximum atomic E-state index is 13.3. The Balaban J connectivity index is 3.26. The number of rotatable bonds is 5. The molecule has 94 valence electrons. The predicted octanol–water partition coefficient (Wildman–Crippen LogP) is 1.91. The van der Waals surface area contributed by atoms with Crippen LogP contribution in [0.2, 0.25) is 0 Å². The molecule has 0 saturated heterocycles. The van der Waals surface area contributed by atoms with Crippen molar-refractivity contribution in [2.24, 2.45) is 5.73 Å². The predicted molar refractivity (Wildman–Crippen MR) is 65.8 cm³/mol. The molecule has 0 spiro atoms. The van der Waals surface area contributed by atoms with Crippen molar-refractivity contribution in [2.75, 3.05) is 0 Å². The van der Waals surface area contributed by atoms with Crippen LogP contribution in [0.3, 0.4) is 0 Å².